The molecule has 2 atom stereocenters. The Morgan fingerprint density at radius 1 is 1.17 bits per heavy atom. The molecule has 2 aromatic carbocycles. The molecule has 1 aliphatic heterocycles. The number of amides is 1. The third kappa shape index (κ3) is 6.12. The van der Waals surface area contributed by atoms with Gasteiger partial charge < -0.3 is 15.2 Å². The molecule has 1 saturated heterocycles. The van der Waals surface area contributed by atoms with Crippen molar-refractivity contribution in [2.45, 2.75) is 12.1 Å². The van der Waals surface area contributed by atoms with E-state index in [4.69, 9.17) is 9.84 Å². The third-order valence-electron chi connectivity index (χ3n) is 4.86. The third-order valence-corrected chi connectivity index (χ3v) is 4.86. The van der Waals surface area contributed by atoms with Gasteiger partial charge in [0, 0.05) is 25.3 Å². The van der Waals surface area contributed by atoms with Gasteiger partial charge in [-0.25, -0.2) is 0 Å². The molecule has 7 nitrogen and oxygen atoms in total. The summed E-state index contributed by atoms with van der Waals surface area (Å²) in [6, 6.07) is 18.6. The lowest BCUT2D eigenvalue weighted by atomic mass is 10.0. The number of aliphatic carboxylic acids is 1. The molecule has 2 aromatic rings. The maximum Gasteiger partial charge on any atom is 0.317 e. The zero-order valence-corrected chi connectivity index (χ0v) is 16.5. The molecule has 154 valence electrons. The quantitative estimate of drug-likeness (QED) is 0.710. The summed E-state index contributed by atoms with van der Waals surface area (Å²) in [7, 11) is 1.76. The van der Waals surface area contributed by atoms with E-state index in [1.807, 2.05) is 60.7 Å². The van der Waals surface area contributed by atoms with Crippen molar-refractivity contribution in [2.24, 2.45) is 0 Å². The molecule has 1 aliphatic rings. The molecular weight excluding hydrogens is 370 g/mol. The topological polar surface area (TPSA) is 82.1 Å². The van der Waals surface area contributed by atoms with Gasteiger partial charge in [-0.15, -0.1) is 0 Å². The lowest BCUT2D eigenvalue weighted by molar-refractivity contribution is -0.138. The summed E-state index contributed by atoms with van der Waals surface area (Å²) < 4.78 is 5.84. The fraction of sp³-hybridized carbons (Fsp3) is 0.364. The number of nitrogens with one attached hydrogen (secondary N) is 1. The first-order chi connectivity index (χ1) is 14.0. The molecule has 2 unspecified atom stereocenters. The Kier molecular flexibility index (Phi) is 7.35. The molecule has 2 N–H and O–H groups in total. The molecule has 0 bridgehead atoms. The zero-order valence-electron chi connectivity index (χ0n) is 16.5. The van der Waals surface area contributed by atoms with E-state index in [1.54, 1.807) is 11.9 Å². The Hall–Kier alpha value is -2.74. The highest BCUT2D eigenvalue weighted by Gasteiger charge is 2.32. The Balaban J connectivity index is 1.75. The lowest BCUT2D eigenvalue weighted by Crippen LogP contribution is -2.50. The Morgan fingerprint density at radius 3 is 2.48 bits per heavy atom. The first-order valence-corrected chi connectivity index (χ1v) is 9.70. The average molecular weight is 397 g/mol. The van der Waals surface area contributed by atoms with Gasteiger partial charge in [0.15, 0.2) is 0 Å². The molecule has 0 saturated carbocycles. The second-order valence-electron chi connectivity index (χ2n) is 7.25. The van der Waals surface area contributed by atoms with Crippen molar-refractivity contribution in [3.8, 4) is 0 Å². The first-order valence-electron chi connectivity index (χ1n) is 9.70. The number of rotatable bonds is 8. The van der Waals surface area contributed by atoms with Gasteiger partial charge in [0.05, 0.1) is 19.3 Å². The number of ether oxygens (including phenoxy) is 1. The van der Waals surface area contributed by atoms with Crippen molar-refractivity contribution in [1.82, 2.24) is 9.80 Å². The number of likely N-dealkylation sites (N-methyl/N-ethyl adjacent to an activating group) is 1. The Bertz CT molecular complexity index is 800. The zero-order chi connectivity index (χ0) is 20.6. The standard InChI is InChI=1S/C22H27N3O4/c1-24(16-20(26)27)14-19-15-25(12-13-29-19)21(17-8-4-2-5-9-17)22(28)23-18-10-6-3-7-11-18/h2-11,19,21H,12-16H2,1H3,(H,23,28)(H,26,27). The molecular formula is C22H27N3O4. The summed E-state index contributed by atoms with van der Waals surface area (Å²) in [5, 5.41) is 12.0. The number of carbonyl (C=O) groups is 2. The van der Waals surface area contributed by atoms with E-state index in [2.05, 4.69) is 10.2 Å². The van der Waals surface area contributed by atoms with Gasteiger partial charge in [0.1, 0.15) is 6.04 Å². The predicted molar refractivity (Wildman–Crippen MR) is 111 cm³/mol. The van der Waals surface area contributed by atoms with E-state index in [9.17, 15) is 9.59 Å². The fourth-order valence-corrected chi connectivity index (χ4v) is 3.63. The van der Waals surface area contributed by atoms with Crippen LogP contribution in [0.4, 0.5) is 5.69 Å². The van der Waals surface area contributed by atoms with Crippen LogP contribution in [0.2, 0.25) is 0 Å². The first kappa shape index (κ1) is 21.0. The van der Waals surface area contributed by atoms with E-state index >= 15 is 0 Å². The van der Waals surface area contributed by atoms with Crippen LogP contribution in [0.5, 0.6) is 0 Å². The van der Waals surface area contributed by atoms with Gasteiger partial charge in [0.2, 0.25) is 5.91 Å². The highest BCUT2D eigenvalue weighted by Crippen LogP contribution is 2.25. The van der Waals surface area contributed by atoms with Crippen LogP contribution in [0.25, 0.3) is 0 Å². The maximum absolute atomic E-state index is 13.2. The molecule has 7 heteroatoms. The molecule has 1 heterocycles. The van der Waals surface area contributed by atoms with Crippen molar-refractivity contribution >= 4 is 17.6 Å². The van der Waals surface area contributed by atoms with Crippen molar-refractivity contribution in [3.63, 3.8) is 0 Å². The van der Waals surface area contributed by atoms with Gasteiger partial charge in [-0.1, -0.05) is 48.5 Å². The number of nitrogens with zero attached hydrogens (tertiary/aromatic N) is 2. The molecule has 3 rings (SSSR count). The number of carboxylic acid groups (broad SMARTS) is 1. The number of carbonyl (C=O) groups excluding carboxylic acids is 1. The van der Waals surface area contributed by atoms with E-state index in [0.29, 0.717) is 26.2 Å². The number of benzene rings is 2. The minimum absolute atomic E-state index is 0.0452. The smallest absolute Gasteiger partial charge is 0.317 e. The SMILES string of the molecule is CN(CC(=O)O)CC1CN(C(C(=O)Nc2ccccc2)c2ccccc2)CCO1. The van der Waals surface area contributed by atoms with E-state index in [1.165, 1.54) is 0 Å². The minimum Gasteiger partial charge on any atom is -0.480 e. The monoisotopic (exact) mass is 397 g/mol. The highest BCUT2D eigenvalue weighted by atomic mass is 16.5. The molecule has 0 radical (unpaired) electrons. The summed E-state index contributed by atoms with van der Waals surface area (Å²) >= 11 is 0. The van der Waals surface area contributed by atoms with Crippen LogP contribution in [0.3, 0.4) is 0 Å². The summed E-state index contributed by atoms with van der Waals surface area (Å²) in [6.45, 7) is 2.11. The Morgan fingerprint density at radius 2 is 1.83 bits per heavy atom. The molecule has 29 heavy (non-hydrogen) atoms. The molecule has 0 aliphatic carbocycles. The van der Waals surface area contributed by atoms with Gasteiger partial charge in [-0.2, -0.15) is 0 Å². The van der Waals surface area contributed by atoms with Crippen LogP contribution in [-0.4, -0.2) is 72.7 Å². The van der Waals surface area contributed by atoms with Crippen LogP contribution >= 0.6 is 0 Å². The normalized spacial score (nSPS) is 18.3. The maximum atomic E-state index is 13.2. The van der Waals surface area contributed by atoms with Gasteiger partial charge in [-0.3, -0.25) is 19.4 Å². The van der Waals surface area contributed by atoms with Gasteiger partial charge in [-0.05, 0) is 24.7 Å². The molecule has 0 aromatic heterocycles. The summed E-state index contributed by atoms with van der Waals surface area (Å²) in [4.78, 5) is 28.0. The van der Waals surface area contributed by atoms with Crippen molar-refractivity contribution in [2.75, 3.05) is 45.2 Å². The van der Waals surface area contributed by atoms with Crippen molar-refractivity contribution in [3.05, 3.63) is 66.2 Å². The number of hydrogen-bond donors (Lipinski definition) is 2. The number of morpholine rings is 1. The van der Waals surface area contributed by atoms with E-state index in [0.717, 1.165) is 11.3 Å². The average Bonchev–Trinajstić information content (AvgIpc) is 2.69. The number of carboxylic acids is 1. The largest absolute Gasteiger partial charge is 0.480 e. The van der Waals surface area contributed by atoms with Crippen molar-refractivity contribution in [1.29, 1.82) is 0 Å². The van der Waals surface area contributed by atoms with E-state index in [-0.39, 0.29) is 18.6 Å². The molecule has 0 spiro atoms. The van der Waals surface area contributed by atoms with Crippen LogP contribution < -0.4 is 5.32 Å². The summed E-state index contributed by atoms with van der Waals surface area (Å²) in [5.74, 6) is -0.966. The number of hydrogen-bond acceptors (Lipinski definition) is 5. The number of para-hydroxylation sites is 1. The summed E-state index contributed by atoms with van der Waals surface area (Å²) in [6.07, 6.45) is -0.163. The fourth-order valence-electron chi connectivity index (χ4n) is 3.63. The lowest BCUT2D eigenvalue weighted by Gasteiger charge is -2.38. The highest BCUT2D eigenvalue weighted by molar-refractivity contribution is 5.95. The minimum atomic E-state index is -0.871. The predicted octanol–water partition coefficient (Wildman–Crippen LogP) is 2.08. The van der Waals surface area contributed by atoms with Crippen LogP contribution in [-0.2, 0) is 14.3 Å². The van der Waals surface area contributed by atoms with E-state index < -0.39 is 12.0 Å². The van der Waals surface area contributed by atoms with Crippen molar-refractivity contribution < 1.29 is 19.4 Å². The second-order valence-corrected chi connectivity index (χ2v) is 7.25. The van der Waals surface area contributed by atoms with Gasteiger partial charge >= 0.3 is 5.97 Å². The second kappa shape index (κ2) is 10.2. The van der Waals surface area contributed by atoms with Crippen LogP contribution in [0, 0.1) is 0 Å². The Labute approximate surface area is 170 Å². The summed E-state index contributed by atoms with van der Waals surface area (Å²) in [5.41, 5.74) is 1.67. The molecule has 1 fully saturated rings. The van der Waals surface area contributed by atoms with Crippen LogP contribution in [0.15, 0.2) is 60.7 Å². The molecule has 1 amide bonds. The number of anilines is 1. The van der Waals surface area contributed by atoms with Gasteiger partial charge in [0.25, 0.3) is 0 Å². The van der Waals surface area contributed by atoms with Crippen LogP contribution in [0.1, 0.15) is 11.6 Å².